The Morgan fingerprint density at radius 2 is 1.11 bits per heavy atom. The highest BCUT2D eigenvalue weighted by atomic mass is 28.4. The molecule has 14 nitrogen and oxygen atoms in total. The second-order valence-electron chi connectivity index (χ2n) is 38.0. The van der Waals surface area contributed by atoms with Gasteiger partial charge in [-0.1, -0.05) is 202 Å². The zero-order valence-electron chi connectivity index (χ0n) is 74.3. The number of ether oxygens (including phenoxy) is 6. The quantitative estimate of drug-likeness (QED) is 0.0411. The van der Waals surface area contributed by atoms with Crippen LogP contribution in [0.3, 0.4) is 0 Å². The summed E-state index contributed by atoms with van der Waals surface area (Å²) in [6.45, 7) is 74.6. The fourth-order valence-electron chi connectivity index (χ4n) is 18.5. The number of carbonyl (C=O) groups is 2. The minimum absolute atomic E-state index is 0.0231. The summed E-state index contributed by atoms with van der Waals surface area (Å²) in [5.41, 5.74) is 5.38. The molecule has 0 bridgehead atoms. The molecular weight excluding hydrogens is 1410 g/mol. The lowest BCUT2D eigenvalue weighted by Crippen LogP contribution is -2.57. The zero-order chi connectivity index (χ0) is 80.6. The molecule has 0 spiro atoms. The number of hydrogen-bond acceptors (Lipinski definition) is 13. The molecule has 4 rings (SSSR count). The maximum Gasteiger partial charge on any atom is 0.329 e. The van der Waals surface area contributed by atoms with Crippen LogP contribution < -0.4 is 4.74 Å². The molecule has 0 radical (unpaired) electrons. The number of fused-ring (bicyclic) bond motifs is 1. The van der Waals surface area contributed by atoms with Gasteiger partial charge in [-0.05, 0) is 207 Å². The van der Waals surface area contributed by atoms with Crippen molar-refractivity contribution in [1.82, 2.24) is 4.90 Å². The number of methoxy groups -OCH3 is 4. The van der Waals surface area contributed by atoms with Crippen molar-refractivity contribution in [3.63, 3.8) is 0 Å². The van der Waals surface area contributed by atoms with Crippen molar-refractivity contribution in [1.29, 1.82) is 0 Å². The zero-order valence-corrected chi connectivity index (χ0v) is 79.3. The lowest BCUT2D eigenvalue weighted by atomic mass is 9.81. The number of cyclic esters (lactones) is 1. The molecule has 2 heterocycles. The summed E-state index contributed by atoms with van der Waals surface area (Å²) in [4.78, 5) is 34.9. The van der Waals surface area contributed by atoms with Crippen LogP contribution in [0, 0.1) is 29.6 Å². The van der Waals surface area contributed by atoms with Crippen LogP contribution in [-0.4, -0.2) is 160 Å². The Hall–Kier alpha value is -2.10. The Morgan fingerprint density at radius 3 is 1.58 bits per heavy atom. The first-order chi connectivity index (χ1) is 49.2. The maximum absolute atomic E-state index is 16.7. The fraction of sp³-hybridized carbons (Fsp3) is 0.839. The van der Waals surface area contributed by atoms with Crippen LogP contribution in [0.1, 0.15) is 250 Å². The van der Waals surface area contributed by atoms with Crippen molar-refractivity contribution in [2.24, 2.45) is 29.6 Å². The molecule has 19 heteroatoms. The van der Waals surface area contributed by atoms with E-state index in [-0.39, 0.29) is 76.6 Å². The second kappa shape index (κ2) is 41.8. The molecule has 1 aliphatic carbocycles. The molecule has 2 fully saturated rings. The van der Waals surface area contributed by atoms with Gasteiger partial charge < -0.3 is 55.5 Å². The summed E-state index contributed by atoms with van der Waals surface area (Å²) in [7, 11) is -5.47. The van der Waals surface area contributed by atoms with Crippen LogP contribution in [-0.2, 0) is 62.0 Å². The van der Waals surface area contributed by atoms with Gasteiger partial charge in [-0.3, -0.25) is 4.79 Å². The first-order valence-electron chi connectivity index (χ1n) is 41.9. The van der Waals surface area contributed by atoms with E-state index < -0.39 is 90.2 Å². The Morgan fingerprint density at radius 1 is 0.613 bits per heavy atom. The predicted molar refractivity (Wildman–Crippen MR) is 456 cm³/mol. The first-order valence-corrected chi connectivity index (χ1v) is 54.5. The molecule has 1 saturated heterocycles. The van der Waals surface area contributed by atoms with Crippen molar-refractivity contribution in [2.75, 3.05) is 35.0 Å². The number of esters is 1. The predicted octanol–water partition coefficient (Wildman–Crippen LogP) is 23.2. The molecule has 1 amide bonds. The smallest absolute Gasteiger partial charge is 0.329 e. The number of benzene rings is 1. The third-order valence-electron chi connectivity index (χ3n) is 26.9. The molecule has 1 aromatic rings. The Kier molecular flexibility index (Phi) is 38.0. The van der Waals surface area contributed by atoms with E-state index in [1.165, 1.54) is 5.57 Å². The van der Waals surface area contributed by atoms with Gasteiger partial charge in [0, 0.05) is 39.7 Å². The monoisotopic (exact) mass is 1570 g/mol. The number of allylic oxidation sites excluding steroid dienone is 3. The van der Waals surface area contributed by atoms with Gasteiger partial charge in [0.1, 0.15) is 17.9 Å². The normalized spacial score (nSPS) is 29.3. The summed E-state index contributed by atoms with van der Waals surface area (Å²) >= 11 is 0. The number of nitrogens with zero attached hydrogens (tertiary/aromatic N) is 1. The van der Waals surface area contributed by atoms with Crippen LogP contribution >= 0.6 is 0 Å². The van der Waals surface area contributed by atoms with Gasteiger partial charge in [-0.15, -0.1) is 6.58 Å². The van der Waals surface area contributed by atoms with Gasteiger partial charge in [0.25, 0.3) is 5.91 Å². The van der Waals surface area contributed by atoms with E-state index in [0.29, 0.717) is 78.3 Å². The highest BCUT2D eigenvalue weighted by molar-refractivity contribution is 6.78. The van der Waals surface area contributed by atoms with E-state index in [2.05, 4.69) is 231 Å². The summed E-state index contributed by atoms with van der Waals surface area (Å²) in [6, 6.07) is 9.49. The van der Waals surface area contributed by atoms with Crippen molar-refractivity contribution in [3.8, 4) is 5.75 Å². The molecule has 614 valence electrons. The third-order valence-corrected chi connectivity index (χ3v) is 52.8. The lowest BCUT2D eigenvalue weighted by Gasteiger charge is -2.48. The number of rotatable bonds is 30. The molecule has 2 aliphatic heterocycles. The largest absolute Gasteiger partial charge is 0.497 e. The van der Waals surface area contributed by atoms with Crippen molar-refractivity contribution >= 4 is 53.5 Å². The van der Waals surface area contributed by atoms with Gasteiger partial charge >= 0.3 is 5.97 Å². The lowest BCUT2D eigenvalue weighted by molar-refractivity contribution is -0.168. The number of amides is 1. The van der Waals surface area contributed by atoms with Crippen LogP contribution in [0.25, 0.3) is 0 Å². The van der Waals surface area contributed by atoms with Crippen LogP contribution in [0.4, 0.5) is 0 Å². The van der Waals surface area contributed by atoms with Gasteiger partial charge in [0.15, 0.2) is 31.1 Å². The summed E-state index contributed by atoms with van der Waals surface area (Å²) in [5, 5.41) is -0.300. The van der Waals surface area contributed by atoms with Crippen LogP contribution in [0.5, 0.6) is 5.75 Å². The third kappa shape index (κ3) is 24.2. The van der Waals surface area contributed by atoms with E-state index in [0.717, 1.165) is 60.7 Å². The molecule has 1 aromatic carbocycles. The van der Waals surface area contributed by atoms with E-state index in [4.69, 9.17) is 50.6 Å². The van der Waals surface area contributed by atoms with Gasteiger partial charge in [-0.25, -0.2) is 4.79 Å². The highest BCUT2D eigenvalue weighted by Gasteiger charge is 2.54. The van der Waals surface area contributed by atoms with Crippen LogP contribution in [0.15, 0.2) is 60.2 Å². The van der Waals surface area contributed by atoms with Crippen molar-refractivity contribution in [3.05, 3.63) is 65.8 Å². The van der Waals surface area contributed by atoms with Gasteiger partial charge in [0.2, 0.25) is 16.6 Å². The van der Waals surface area contributed by atoms with Crippen LogP contribution in [0.2, 0.25) is 87.6 Å². The Labute approximate surface area is 656 Å². The second-order valence-corrected chi connectivity index (χ2v) is 63.1. The van der Waals surface area contributed by atoms with Crippen molar-refractivity contribution in [2.45, 2.75) is 406 Å². The highest BCUT2D eigenvalue weighted by Crippen LogP contribution is 2.50. The molecule has 0 N–H and O–H groups in total. The van der Waals surface area contributed by atoms with E-state index >= 15 is 9.59 Å². The van der Waals surface area contributed by atoms with E-state index in [9.17, 15) is 0 Å². The SMILES string of the molecule is C=CC[C@@H]1/C=C(\C)C[C@H](C)C[C@H](OC)[C@@H](O[Si](C)(C)C(C)(C)C)[C@@H](OC)C[C@@H](C)[C@@H](O[Si](CC)(CC)CC)[C@H](OCc2ccc(OC)cc2)C(=O)N2CCC[C@H]2C(=O)O[C@H](/C(C)=C/C2CC[C@@H](O[Si](C(C)C)(C(C)C)C(C)C)[C@H](OC)C2)[C@H](C)[C@@H](O[Si](C)(C)C(C)(C)C)C[C@H]1O[Si](C(C)C)(C(C)C)C(C)C. The summed E-state index contributed by atoms with van der Waals surface area (Å²) in [5.74, 6) is -0.436. The summed E-state index contributed by atoms with van der Waals surface area (Å²) in [6.07, 6.45) is 9.10. The van der Waals surface area contributed by atoms with E-state index in [1.54, 1.807) is 19.1 Å². The molecule has 3 aliphatic rings. The number of carbonyl (C=O) groups excluding carboxylic acids is 2. The van der Waals surface area contributed by atoms with Gasteiger partial charge in [-0.2, -0.15) is 0 Å². The molecule has 1 unspecified atom stereocenters. The van der Waals surface area contributed by atoms with E-state index in [1.807, 2.05) is 38.5 Å². The minimum Gasteiger partial charge on any atom is -0.497 e. The minimum atomic E-state index is -2.64. The first kappa shape index (κ1) is 96.3. The molecule has 16 atom stereocenters. The Balaban J connectivity index is 2.24. The van der Waals surface area contributed by atoms with Gasteiger partial charge in [0.05, 0.1) is 62.5 Å². The molecule has 1 saturated carbocycles. The fourth-order valence-corrected chi connectivity index (χ4v) is 35.4. The topological polar surface area (TPSA) is 139 Å². The Bertz CT molecular complexity index is 2810. The number of hydrogen-bond donors (Lipinski definition) is 0. The maximum atomic E-state index is 16.7. The van der Waals surface area contributed by atoms with Crippen molar-refractivity contribution < 1.29 is 60.1 Å². The molecule has 0 aromatic heterocycles. The molecular formula is C87H163NO13Si5. The summed E-state index contributed by atoms with van der Waals surface area (Å²) < 4.78 is 80.0. The molecule has 106 heavy (non-hydrogen) atoms. The average Bonchev–Trinajstić information content (AvgIpc) is 0.968. The standard InChI is InChI=1S/C87H163NO13Si5/c1-36-41-71-51-64(17)50-65(18)52-78(93-30)82(100-103(34,35)87(25,26)27)79(94-31)54-67(20)81(101-104(37-2,38-3)39-4)83(95-57-69-43-46-72(91-28)47-44-69)84(89)88-49-40-42-73(88)85(90)96-80(66(19)53-70-45-48-74(77(55-70)92-29)98-105(58(5)6,59(7)8)60(9)10)68(21)75(97-102(32,33)86(22,23)24)56-76(71)99-106(61(11)12,62(13)14)63(15)16/h36,43-44,46-47,51,53,58-63,65,67-68,70-71,73-83H,1,37-42,45,48-50,52,54-57H2,2-35H3/b64-51+,66-53+/t65-,67+,68+,70?,71+,73-,74+,75-,76+,77+,78-,79-,80+,81+,82+,83-/m0/s1. The average molecular weight is 1570 g/mol.